The van der Waals surface area contributed by atoms with Crippen molar-refractivity contribution in [2.45, 2.75) is 82.3 Å². The van der Waals surface area contributed by atoms with Crippen LogP contribution in [0.4, 0.5) is 0 Å². The van der Waals surface area contributed by atoms with Crippen molar-refractivity contribution >= 4 is 11.8 Å². The Kier molecular flexibility index (Phi) is 5.57. The van der Waals surface area contributed by atoms with E-state index in [1.807, 2.05) is 0 Å². The zero-order valence-corrected chi connectivity index (χ0v) is 14.1. The minimum atomic E-state index is -0.653. The number of hydrogen-bond donors (Lipinski definition) is 2. The molecule has 0 aromatic rings. The molecule has 0 spiro atoms. The lowest BCUT2D eigenvalue weighted by Crippen LogP contribution is -2.57. The monoisotopic (exact) mass is 322 g/mol. The van der Waals surface area contributed by atoms with Crippen LogP contribution in [0.2, 0.25) is 0 Å². The Labute approximate surface area is 138 Å². The molecule has 5 heteroatoms. The van der Waals surface area contributed by atoms with E-state index in [2.05, 4.69) is 10.6 Å². The van der Waals surface area contributed by atoms with Crippen molar-refractivity contribution in [2.24, 2.45) is 5.92 Å². The minimum absolute atomic E-state index is 0.00245. The fourth-order valence-electron chi connectivity index (χ4n) is 3.77. The summed E-state index contributed by atoms with van der Waals surface area (Å²) >= 11 is 0. The fourth-order valence-corrected chi connectivity index (χ4v) is 3.77. The van der Waals surface area contributed by atoms with Crippen LogP contribution in [-0.2, 0) is 14.3 Å². The van der Waals surface area contributed by atoms with Gasteiger partial charge in [0.1, 0.15) is 5.54 Å². The van der Waals surface area contributed by atoms with Gasteiger partial charge in [0.25, 0.3) is 0 Å². The minimum Gasteiger partial charge on any atom is -0.378 e. The average molecular weight is 322 g/mol. The van der Waals surface area contributed by atoms with Gasteiger partial charge in [-0.2, -0.15) is 0 Å². The van der Waals surface area contributed by atoms with E-state index >= 15 is 0 Å². The van der Waals surface area contributed by atoms with Crippen LogP contribution >= 0.6 is 0 Å². The molecule has 0 aromatic carbocycles. The second-order valence-electron chi connectivity index (χ2n) is 7.52. The summed E-state index contributed by atoms with van der Waals surface area (Å²) < 4.78 is 5.68. The zero-order valence-electron chi connectivity index (χ0n) is 14.1. The summed E-state index contributed by atoms with van der Waals surface area (Å²) in [5.41, 5.74) is -0.653. The highest BCUT2D eigenvalue weighted by Crippen LogP contribution is 2.32. The van der Waals surface area contributed by atoms with E-state index in [-0.39, 0.29) is 17.9 Å². The molecule has 2 N–H and O–H groups in total. The lowest BCUT2D eigenvalue weighted by molar-refractivity contribution is -0.134. The molecule has 0 aromatic heterocycles. The first kappa shape index (κ1) is 16.7. The van der Waals surface area contributed by atoms with E-state index in [0.29, 0.717) is 12.3 Å². The molecular formula is C18H30N2O3. The van der Waals surface area contributed by atoms with Crippen molar-refractivity contribution in [1.29, 1.82) is 0 Å². The average Bonchev–Trinajstić information content (AvgIpc) is 3.29. The third-order valence-corrected chi connectivity index (χ3v) is 5.49. The number of carbonyl (C=O) groups is 2. The van der Waals surface area contributed by atoms with Crippen LogP contribution in [0.1, 0.15) is 70.6 Å². The van der Waals surface area contributed by atoms with Crippen LogP contribution in [0.15, 0.2) is 0 Å². The molecule has 1 atom stereocenters. The summed E-state index contributed by atoms with van der Waals surface area (Å²) in [7, 11) is 0. The van der Waals surface area contributed by atoms with Crippen molar-refractivity contribution in [3.8, 4) is 0 Å². The maximum atomic E-state index is 12.6. The molecule has 0 radical (unpaired) electrons. The zero-order chi connectivity index (χ0) is 16.1. The van der Waals surface area contributed by atoms with E-state index in [1.165, 1.54) is 19.3 Å². The van der Waals surface area contributed by atoms with Gasteiger partial charge in [0, 0.05) is 19.6 Å². The van der Waals surface area contributed by atoms with Crippen molar-refractivity contribution in [1.82, 2.24) is 10.6 Å². The lowest BCUT2D eigenvalue weighted by atomic mass is 9.95. The molecule has 3 aliphatic rings. The molecule has 5 nitrogen and oxygen atoms in total. The van der Waals surface area contributed by atoms with E-state index in [4.69, 9.17) is 4.74 Å². The Morgan fingerprint density at radius 3 is 2.48 bits per heavy atom. The third kappa shape index (κ3) is 4.69. The summed E-state index contributed by atoms with van der Waals surface area (Å²) in [6, 6.07) is 0. The van der Waals surface area contributed by atoms with Crippen LogP contribution in [0.25, 0.3) is 0 Å². The van der Waals surface area contributed by atoms with E-state index in [0.717, 1.165) is 58.1 Å². The van der Waals surface area contributed by atoms with E-state index < -0.39 is 5.54 Å². The highest BCUT2D eigenvalue weighted by atomic mass is 16.5. The Hall–Kier alpha value is -1.10. The predicted molar refractivity (Wildman–Crippen MR) is 87.9 cm³/mol. The quantitative estimate of drug-likeness (QED) is 0.756. The molecule has 1 saturated heterocycles. The van der Waals surface area contributed by atoms with Gasteiger partial charge in [-0.3, -0.25) is 9.59 Å². The van der Waals surface area contributed by atoms with Gasteiger partial charge in [0.15, 0.2) is 0 Å². The Morgan fingerprint density at radius 2 is 1.83 bits per heavy atom. The second-order valence-corrected chi connectivity index (χ2v) is 7.52. The van der Waals surface area contributed by atoms with E-state index in [9.17, 15) is 9.59 Å². The summed E-state index contributed by atoms with van der Waals surface area (Å²) in [5.74, 6) is 0.698. The van der Waals surface area contributed by atoms with Gasteiger partial charge in [-0.1, -0.05) is 12.8 Å². The highest BCUT2D eigenvalue weighted by Gasteiger charge is 2.42. The summed E-state index contributed by atoms with van der Waals surface area (Å²) in [6.45, 7) is 1.59. The Morgan fingerprint density at radius 1 is 1.04 bits per heavy atom. The summed E-state index contributed by atoms with van der Waals surface area (Å²) in [5, 5.41) is 6.13. The molecule has 1 aliphatic heterocycles. The standard InChI is InChI=1S/C18H30N2O3/c21-16(9-8-15-5-1-4-12-23-15)20-18(10-2-3-11-18)17(22)19-13-14-6-7-14/h14-15H,1-13H2,(H,19,22)(H,20,21)/t15-/m0/s1. The first-order valence-corrected chi connectivity index (χ1v) is 9.39. The van der Waals surface area contributed by atoms with Gasteiger partial charge in [-0.15, -0.1) is 0 Å². The third-order valence-electron chi connectivity index (χ3n) is 5.49. The van der Waals surface area contributed by atoms with Crippen LogP contribution in [-0.4, -0.2) is 36.6 Å². The SMILES string of the molecule is O=C(CC[C@@H]1CCCCO1)NC1(C(=O)NCC2CC2)CCCC1. The van der Waals surface area contributed by atoms with Crippen LogP contribution in [0.3, 0.4) is 0 Å². The Balaban J connectivity index is 1.47. The number of hydrogen-bond acceptors (Lipinski definition) is 3. The molecule has 0 bridgehead atoms. The summed E-state index contributed by atoms with van der Waals surface area (Å²) in [6.07, 6.45) is 10.9. The maximum absolute atomic E-state index is 12.6. The molecule has 1 heterocycles. The molecule has 3 rings (SSSR count). The number of rotatable bonds is 7. The lowest BCUT2D eigenvalue weighted by Gasteiger charge is -2.29. The Bertz CT molecular complexity index is 422. The number of nitrogens with one attached hydrogen (secondary N) is 2. The number of amides is 2. The van der Waals surface area contributed by atoms with Crippen LogP contribution < -0.4 is 10.6 Å². The molecule has 3 fully saturated rings. The number of ether oxygens (including phenoxy) is 1. The van der Waals surface area contributed by atoms with E-state index in [1.54, 1.807) is 0 Å². The highest BCUT2D eigenvalue weighted by molar-refractivity contribution is 5.91. The molecule has 130 valence electrons. The van der Waals surface area contributed by atoms with Gasteiger partial charge in [-0.05, 0) is 57.3 Å². The first-order valence-electron chi connectivity index (χ1n) is 9.39. The van der Waals surface area contributed by atoms with Gasteiger partial charge < -0.3 is 15.4 Å². The molecule has 2 saturated carbocycles. The van der Waals surface area contributed by atoms with Crippen molar-refractivity contribution in [2.75, 3.05) is 13.2 Å². The van der Waals surface area contributed by atoms with Gasteiger partial charge in [0.05, 0.1) is 6.10 Å². The van der Waals surface area contributed by atoms with Crippen molar-refractivity contribution in [3.05, 3.63) is 0 Å². The maximum Gasteiger partial charge on any atom is 0.245 e. The largest absolute Gasteiger partial charge is 0.378 e. The molecule has 2 aliphatic carbocycles. The fraction of sp³-hybridized carbons (Fsp3) is 0.889. The smallest absolute Gasteiger partial charge is 0.245 e. The normalized spacial score (nSPS) is 26.7. The second kappa shape index (κ2) is 7.65. The first-order chi connectivity index (χ1) is 11.2. The van der Waals surface area contributed by atoms with Gasteiger partial charge in [-0.25, -0.2) is 0 Å². The summed E-state index contributed by atoms with van der Waals surface area (Å²) in [4.78, 5) is 24.9. The molecule has 23 heavy (non-hydrogen) atoms. The van der Waals surface area contributed by atoms with Crippen molar-refractivity contribution in [3.63, 3.8) is 0 Å². The molecule has 0 unspecified atom stereocenters. The van der Waals surface area contributed by atoms with Crippen molar-refractivity contribution < 1.29 is 14.3 Å². The van der Waals surface area contributed by atoms with Gasteiger partial charge in [0.2, 0.25) is 11.8 Å². The molecular weight excluding hydrogens is 292 g/mol. The van der Waals surface area contributed by atoms with Gasteiger partial charge >= 0.3 is 0 Å². The van der Waals surface area contributed by atoms with Crippen LogP contribution in [0.5, 0.6) is 0 Å². The molecule has 2 amide bonds. The predicted octanol–water partition coefficient (Wildman–Crippen LogP) is 2.29. The number of carbonyl (C=O) groups excluding carboxylic acids is 2. The topological polar surface area (TPSA) is 67.4 Å². The van der Waals surface area contributed by atoms with Crippen LogP contribution in [0, 0.1) is 5.92 Å².